The van der Waals surface area contributed by atoms with E-state index in [9.17, 15) is 8.78 Å². The third-order valence-electron chi connectivity index (χ3n) is 3.53. The molecule has 0 heterocycles. The van der Waals surface area contributed by atoms with Gasteiger partial charge in [0.15, 0.2) is 0 Å². The molecule has 0 fully saturated rings. The first kappa shape index (κ1) is 16.5. The number of alkyl halides is 2. The van der Waals surface area contributed by atoms with Crippen molar-refractivity contribution in [2.75, 3.05) is 11.8 Å². The Bertz CT molecular complexity index is 607. The number of halogens is 5. The Labute approximate surface area is 137 Å². The van der Waals surface area contributed by atoms with Crippen molar-refractivity contribution in [1.29, 1.82) is 0 Å². The molecule has 0 amide bonds. The maximum atomic E-state index is 13.6. The van der Waals surface area contributed by atoms with Gasteiger partial charge in [0.2, 0.25) is 0 Å². The van der Waals surface area contributed by atoms with Gasteiger partial charge in [-0.15, -0.1) is 23.2 Å². The highest BCUT2D eigenvalue weighted by atomic mass is 35.5. The molecule has 0 atom stereocenters. The van der Waals surface area contributed by atoms with Crippen molar-refractivity contribution in [3.63, 3.8) is 0 Å². The van der Waals surface area contributed by atoms with Crippen LogP contribution in [0.3, 0.4) is 0 Å². The van der Waals surface area contributed by atoms with Crippen LogP contribution in [-0.2, 0) is 11.8 Å². The molecule has 0 nitrogen and oxygen atoms in total. The van der Waals surface area contributed by atoms with Crippen LogP contribution in [0.2, 0.25) is 5.02 Å². The second kappa shape index (κ2) is 6.95. The summed E-state index contributed by atoms with van der Waals surface area (Å²) < 4.78 is 26.7. The lowest BCUT2D eigenvalue weighted by molar-refractivity contribution is 0.530. The molecule has 0 bridgehead atoms. The summed E-state index contributed by atoms with van der Waals surface area (Å²) in [6.45, 7) is 0. The molecular formula is C16H13Cl3F2. The monoisotopic (exact) mass is 348 g/mol. The molecule has 2 aromatic rings. The highest BCUT2D eigenvalue weighted by Crippen LogP contribution is 2.34. The van der Waals surface area contributed by atoms with Crippen LogP contribution in [0.4, 0.5) is 8.78 Å². The molecule has 0 spiro atoms. The van der Waals surface area contributed by atoms with Crippen LogP contribution >= 0.6 is 34.8 Å². The molecule has 0 radical (unpaired) electrons. The summed E-state index contributed by atoms with van der Waals surface area (Å²) in [5.74, 6) is -0.379. The standard InChI is InChI=1S/C16H13Cl3F2/c17-9-16(10-18,12-4-6-13(20)7-5-12)8-11-2-1-3-14(21)15(11)19/h1-7H,8-10H2. The van der Waals surface area contributed by atoms with Crippen LogP contribution in [0, 0.1) is 11.6 Å². The minimum atomic E-state index is -0.631. The molecule has 0 aliphatic rings. The van der Waals surface area contributed by atoms with Crippen LogP contribution < -0.4 is 0 Å². The Balaban J connectivity index is 2.43. The van der Waals surface area contributed by atoms with Crippen LogP contribution in [0.25, 0.3) is 0 Å². The van der Waals surface area contributed by atoms with Gasteiger partial charge in [0.25, 0.3) is 0 Å². The summed E-state index contributed by atoms with van der Waals surface area (Å²) in [4.78, 5) is 0. The highest BCUT2D eigenvalue weighted by molar-refractivity contribution is 6.31. The van der Waals surface area contributed by atoms with Gasteiger partial charge in [-0.2, -0.15) is 0 Å². The lowest BCUT2D eigenvalue weighted by atomic mass is 9.78. The quantitative estimate of drug-likeness (QED) is 0.618. The number of hydrogen-bond donors (Lipinski definition) is 0. The smallest absolute Gasteiger partial charge is 0.142 e. The minimum Gasteiger partial charge on any atom is -0.207 e. The van der Waals surface area contributed by atoms with E-state index in [2.05, 4.69) is 0 Å². The Kier molecular flexibility index (Phi) is 5.48. The van der Waals surface area contributed by atoms with Gasteiger partial charge in [0.05, 0.1) is 5.02 Å². The van der Waals surface area contributed by atoms with Gasteiger partial charge >= 0.3 is 0 Å². The summed E-state index contributed by atoms with van der Waals surface area (Å²) in [5, 5.41) is 0.0687. The maximum Gasteiger partial charge on any atom is 0.142 e. The van der Waals surface area contributed by atoms with Crippen molar-refractivity contribution < 1.29 is 8.78 Å². The first-order valence-electron chi connectivity index (χ1n) is 6.33. The lowest BCUT2D eigenvalue weighted by Gasteiger charge is -2.31. The number of hydrogen-bond acceptors (Lipinski definition) is 0. The van der Waals surface area contributed by atoms with Crippen molar-refractivity contribution in [3.05, 3.63) is 70.2 Å². The zero-order chi connectivity index (χ0) is 15.5. The maximum absolute atomic E-state index is 13.6. The van der Waals surface area contributed by atoms with Gasteiger partial charge in [0, 0.05) is 17.2 Å². The first-order valence-corrected chi connectivity index (χ1v) is 7.78. The predicted molar refractivity (Wildman–Crippen MR) is 84.6 cm³/mol. The molecule has 0 unspecified atom stereocenters. The summed E-state index contributed by atoms with van der Waals surface area (Å²) in [7, 11) is 0. The molecule has 0 saturated heterocycles. The normalized spacial score (nSPS) is 11.7. The third-order valence-corrected chi connectivity index (χ3v) is 4.98. The topological polar surface area (TPSA) is 0 Å². The lowest BCUT2D eigenvalue weighted by Crippen LogP contribution is -2.33. The SMILES string of the molecule is Fc1ccc(C(CCl)(CCl)Cc2cccc(F)c2Cl)cc1. The van der Waals surface area contributed by atoms with Crippen LogP contribution in [-0.4, -0.2) is 11.8 Å². The second-order valence-corrected chi connectivity index (χ2v) is 5.86. The van der Waals surface area contributed by atoms with Gasteiger partial charge in [0.1, 0.15) is 11.6 Å². The Hall–Kier alpha value is -0.830. The zero-order valence-electron chi connectivity index (χ0n) is 11.1. The Morgan fingerprint density at radius 1 is 0.905 bits per heavy atom. The largest absolute Gasteiger partial charge is 0.207 e. The molecule has 2 aromatic carbocycles. The van der Waals surface area contributed by atoms with Crippen molar-refractivity contribution in [1.82, 2.24) is 0 Å². The second-order valence-electron chi connectivity index (χ2n) is 4.94. The molecule has 112 valence electrons. The molecule has 0 aliphatic carbocycles. The van der Waals surface area contributed by atoms with E-state index in [4.69, 9.17) is 34.8 Å². The van der Waals surface area contributed by atoms with Crippen molar-refractivity contribution in [3.8, 4) is 0 Å². The third kappa shape index (κ3) is 3.50. The van der Waals surface area contributed by atoms with Crippen LogP contribution in [0.5, 0.6) is 0 Å². The fraction of sp³-hybridized carbons (Fsp3) is 0.250. The number of rotatable bonds is 5. The Morgan fingerprint density at radius 2 is 1.52 bits per heavy atom. The molecule has 5 heteroatoms. The van der Waals surface area contributed by atoms with Gasteiger partial charge in [-0.05, 0) is 35.7 Å². The molecule has 21 heavy (non-hydrogen) atoms. The fourth-order valence-corrected chi connectivity index (χ4v) is 3.22. The first-order chi connectivity index (χ1) is 10.0. The Morgan fingerprint density at radius 3 is 2.10 bits per heavy atom. The summed E-state index contributed by atoms with van der Waals surface area (Å²) in [6, 6.07) is 10.6. The molecule has 0 N–H and O–H groups in total. The predicted octanol–water partition coefficient (Wildman–Crippen LogP) is 5.58. The van der Waals surface area contributed by atoms with Crippen molar-refractivity contribution in [2.45, 2.75) is 11.8 Å². The average Bonchev–Trinajstić information content (AvgIpc) is 2.50. The van der Waals surface area contributed by atoms with Gasteiger partial charge in [-0.1, -0.05) is 35.9 Å². The summed E-state index contributed by atoms with van der Waals surface area (Å²) in [6.07, 6.45) is 0.377. The van der Waals surface area contributed by atoms with E-state index in [1.54, 1.807) is 24.3 Å². The fourth-order valence-electron chi connectivity index (χ4n) is 2.24. The minimum absolute atomic E-state index is 0.0687. The highest BCUT2D eigenvalue weighted by Gasteiger charge is 2.32. The summed E-state index contributed by atoms with van der Waals surface area (Å²) in [5.41, 5.74) is 0.797. The van der Waals surface area contributed by atoms with Gasteiger partial charge in [-0.3, -0.25) is 0 Å². The van der Waals surface area contributed by atoms with Crippen molar-refractivity contribution in [2.24, 2.45) is 0 Å². The van der Waals surface area contributed by atoms with Crippen LogP contribution in [0.1, 0.15) is 11.1 Å². The van der Waals surface area contributed by atoms with E-state index < -0.39 is 11.2 Å². The van der Waals surface area contributed by atoms with Gasteiger partial charge in [-0.25, -0.2) is 8.78 Å². The van der Waals surface area contributed by atoms with E-state index in [1.165, 1.54) is 18.2 Å². The number of benzene rings is 2. The van der Waals surface area contributed by atoms with E-state index in [0.29, 0.717) is 12.0 Å². The molecule has 0 saturated carbocycles. The zero-order valence-corrected chi connectivity index (χ0v) is 13.3. The van der Waals surface area contributed by atoms with Gasteiger partial charge < -0.3 is 0 Å². The molecule has 0 aromatic heterocycles. The summed E-state index contributed by atoms with van der Waals surface area (Å²) >= 11 is 18.3. The molecule has 0 aliphatic heterocycles. The van der Waals surface area contributed by atoms with Crippen LogP contribution in [0.15, 0.2) is 42.5 Å². The van der Waals surface area contributed by atoms with E-state index in [1.807, 2.05) is 0 Å². The average molecular weight is 350 g/mol. The van der Waals surface area contributed by atoms with E-state index >= 15 is 0 Å². The van der Waals surface area contributed by atoms with E-state index in [0.717, 1.165) is 5.56 Å². The molecular weight excluding hydrogens is 337 g/mol. The van der Waals surface area contributed by atoms with Crippen molar-refractivity contribution >= 4 is 34.8 Å². The van der Waals surface area contributed by atoms with E-state index in [-0.39, 0.29) is 22.6 Å². The molecule has 2 rings (SSSR count).